The molecular weight excluding hydrogens is 423 g/mol. The van der Waals surface area contributed by atoms with Gasteiger partial charge in [0.15, 0.2) is 5.82 Å². The van der Waals surface area contributed by atoms with Gasteiger partial charge in [-0.1, -0.05) is 16.8 Å². The predicted molar refractivity (Wildman–Crippen MR) is 103 cm³/mol. The van der Waals surface area contributed by atoms with E-state index in [0.29, 0.717) is 24.1 Å². The van der Waals surface area contributed by atoms with E-state index in [4.69, 9.17) is 16.1 Å². The van der Waals surface area contributed by atoms with Crippen molar-refractivity contribution in [3.05, 3.63) is 46.3 Å². The average molecular weight is 443 g/mol. The minimum absolute atomic E-state index is 0.128. The Kier molecular flexibility index (Phi) is 5.34. The third kappa shape index (κ3) is 4.44. The molecule has 11 heteroatoms. The van der Waals surface area contributed by atoms with Gasteiger partial charge in [-0.3, -0.25) is 4.79 Å². The fraction of sp³-hybridized carbons (Fsp3) is 0.500. The molecule has 1 saturated carbocycles. The minimum atomic E-state index is -3.48. The van der Waals surface area contributed by atoms with Crippen LogP contribution in [0.5, 0.6) is 0 Å². The standard InChI is InChI=1S/C18H20ClFN4O4S/c1-29(26,27)24(7-6-16-21-17(28-22-16)11-2-3-11)13-9-23(10-13)18(25)12-4-5-15(20)14(19)8-12/h4-5,8,11,13H,2-3,6-7,9-10H2,1H3. The fourth-order valence-electron chi connectivity index (χ4n) is 3.31. The van der Waals surface area contributed by atoms with Crippen LogP contribution in [0.25, 0.3) is 0 Å². The lowest BCUT2D eigenvalue weighted by molar-refractivity contribution is 0.0454. The van der Waals surface area contributed by atoms with Crippen molar-refractivity contribution >= 4 is 27.5 Å². The lowest BCUT2D eigenvalue weighted by Gasteiger charge is -2.44. The number of rotatable bonds is 7. The quantitative estimate of drug-likeness (QED) is 0.651. The van der Waals surface area contributed by atoms with E-state index in [2.05, 4.69) is 10.1 Å². The topological polar surface area (TPSA) is 96.6 Å². The van der Waals surface area contributed by atoms with Gasteiger partial charge in [-0.05, 0) is 31.0 Å². The molecule has 1 aromatic carbocycles. The van der Waals surface area contributed by atoms with Crippen LogP contribution in [-0.2, 0) is 16.4 Å². The first-order valence-corrected chi connectivity index (χ1v) is 11.5. The lowest BCUT2D eigenvalue weighted by Crippen LogP contribution is -2.62. The highest BCUT2D eigenvalue weighted by Crippen LogP contribution is 2.38. The van der Waals surface area contributed by atoms with Gasteiger partial charge in [0.05, 0.1) is 17.3 Å². The summed E-state index contributed by atoms with van der Waals surface area (Å²) >= 11 is 5.73. The summed E-state index contributed by atoms with van der Waals surface area (Å²) in [5, 5.41) is 3.79. The summed E-state index contributed by atoms with van der Waals surface area (Å²) in [6, 6.07) is 3.43. The van der Waals surface area contributed by atoms with Crippen LogP contribution >= 0.6 is 11.6 Å². The molecule has 0 spiro atoms. The molecule has 1 aliphatic carbocycles. The van der Waals surface area contributed by atoms with Crippen molar-refractivity contribution in [2.75, 3.05) is 25.9 Å². The van der Waals surface area contributed by atoms with E-state index >= 15 is 0 Å². The molecule has 1 saturated heterocycles. The monoisotopic (exact) mass is 442 g/mol. The first-order valence-electron chi connectivity index (χ1n) is 9.26. The number of benzene rings is 1. The Balaban J connectivity index is 1.37. The van der Waals surface area contributed by atoms with Crippen LogP contribution in [0.15, 0.2) is 22.7 Å². The Morgan fingerprint density at radius 2 is 2.10 bits per heavy atom. The molecule has 4 rings (SSSR count). The van der Waals surface area contributed by atoms with E-state index < -0.39 is 15.8 Å². The van der Waals surface area contributed by atoms with Crippen molar-refractivity contribution in [1.29, 1.82) is 0 Å². The number of aromatic nitrogens is 2. The zero-order valence-corrected chi connectivity index (χ0v) is 17.3. The maximum Gasteiger partial charge on any atom is 0.254 e. The number of hydrogen-bond acceptors (Lipinski definition) is 6. The van der Waals surface area contributed by atoms with Crippen LogP contribution < -0.4 is 0 Å². The normalized spacial score (nSPS) is 17.6. The smallest absolute Gasteiger partial charge is 0.254 e. The van der Waals surface area contributed by atoms with Crippen molar-refractivity contribution < 1.29 is 22.1 Å². The summed E-state index contributed by atoms with van der Waals surface area (Å²) in [5.41, 5.74) is 0.264. The second-order valence-electron chi connectivity index (χ2n) is 7.44. The van der Waals surface area contributed by atoms with E-state index in [1.54, 1.807) is 0 Å². The van der Waals surface area contributed by atoms with Gasteiger partial charge < -0.3 is 9.42 Å². The molecule has 0 bridgehead atoms. The molecule has 0 radical (unpaired) electrons. The number of nitrogens with zero attached hydrogens (tertiary/aromatic N) is 4. The highest BCUT2D eigenvalue weighted by Gasteiger charge is 2.39. The third-order valence-electron chi connectivity index (χ3n) is 5.12. The molecule has 1 aliphatic heterocycles. The Hall–Kier alpha value is -2.04. The van der Waals surface area contributed by atoms with E-state index in [9.17, 15) is 17.6 Å². The molecule has 29 heavy (non-hydrogen) atoms. The molecule has 0 N–H and O–H groups in total. The molecular formula is C18H20ClFN4O4S. The maximum atomic E-state index is 13.3. The summed E-state index contributed by atoms with van der Waals surface area (Å²) in [6.07, 6.45) is 3.56. The van der Waals surface area contributed by atoms with E-state index in [1.165, 1.54) is 21.3 Å². The van der Waals surface area contributed by atoms with Crippen LogP contribution in [0.1, 0.15) is 40.8 Å². The number of halogens is 2. The molecule has 2 aliphatic rings. The van der Waals surface area contributed by atoms with E-state index in [1.807, 2.05) is 0 Å². The second kappa shape index (κ2) is 7.66. The van der Waals surface area contributed by atoms with Gasteiger partial charge in [-0.15, -0.1) is 0 Å². The molecule has 0 unspecified atom stereocenters. The van der Waals surface area contributed by atoms with Crippen molar-refractivity contribution in [2.45, 2.75) is 31.2 Å². The van der Waals surface area contributed by atoms with Gasteiger partial charge in [-0.25, -0.2) is 12.8 Å². The van der Waals surface area contributed by atoms with Gasteiger partial charge in [0, 0.05) is 37.5 Å². The van der Waals surface area contributed by atoms with Crippen LogP contribution in [-0.4, -0.2) is 65.6 Å². The molecule has 8 nitrogen and oxygen atoms in total. The van der Waals surface area contributed by atoms with E-state index in [-0.39, 0.29) is 42.2 Å². The number of sulfonamides is 1. The maximum absolute atomic E-state index is 13.3. The highest BCUT2D eigenvalue weighted by atomic mass is 35.5. The largest absolute Gasteiger partial charge is 0.339 e. The molecule has 2 aromatic rings. The molecule has 2 fully saturated rings. The SMILES string of the molecule is CS(=O)(=O)N(CCc1noc(C2CC2)n1)C1CN(C(=O)c2ccc(F)c(Cl)c2)C1. The Morgan fingerprint density at radius 1 is 1.38 bits per heavy atom. The Morgan fingerprint density at radius 3 is 2.72 bits per heavy atom. The average Bonchev–Trinajstić information content (AvgIpc) is 3.36. The van der Waals surface area contributed by atoms with Crippen LogP contribution in [0, 0.1) is 5.82 Å². The summed E-state index contributed by atoms with van der Waals surface area (Å²) in [6.45, 7) is 0.707. The number of likely N-dealkylation sites (tertiary alicyclic amines) is 1. The molecule has 156 valence electrons. The number of amides is 1. The lowest BCUT2D eigenvalue weighted by atomic mass is 10.1. The van der Waals surface area contributed by atoms with Crippen molar-refractivity contribution in [3.63, 3.8) is 0 Å². The van der Waals surface area contributed by atoms with Crippen LogP contribution in [0.3, 0.4) is 0 Å². The molecule has 1 amide bonds. The fourth-order valence-corrected chi connectivity index (χ4v) is 4.59. The number of carbonyl (C=O) groups excluding carboxylic acids is 1. The predicted octanol–water partition coefficient (Wildman–Crippen LogP) is 2.07. The van der Waals surface area contributed by atoms with Crippen molar-refractivity contribution in [3.8, 4) is 0 Å². The van der Waals surface area contributed by atoms with Gasteiger partial charge in [0.1, 0.15) is 5.82 Å². The van der Waals surface area contributed by atoms with Crippen molar-refractivity contribution in [1.82, 2.24) is 19.3 Å². The Bertz CT molecular complexity index is 1030. The van der Waals surface area contributed by atoms with Gasteiger partial charge in [0.25, 0.3) is 5.91 Å². The molecule has 0 atom stereocenters. The first kappa shape index (κ1) is 20.2. The van der Waals surface area contributed by atoms with Crippen molar-refractivity contribution in [2.24, 2.45) is 0 Å². The minimum Gasteiger partial charge on any atom is -0.339 e. The molecule has 2 heterocycles. The first-order chi connectivity index (χ1) is 13.7. The van der Waals surface area contributed by atoms with Crippen LogP contribution in [0.4, 0.5) is 4.39 Å². The zero-order chi connectivity index (χ0) is 20.8. The Labute approximate surface area is 172 Å². The zero-order valence-electron chi connectivity index (χ0n) is 15.7. The van der Waals surface area contributed by atoms with Gasteiger partial charge >= 0.3 is 0 Å². The third-order valence-corrected chi connectivity index (χ3v) is 6.74. The highest BCUT2D eigenvalue weighted by molar-refractivity contribution is 7.88. The number of carbonyl (C=O) groups is 1. The second-order valence-corrected chi connectivity index (χ2v) is 9.78. The summed E-state index contributed by atoms with van der Waals surface area (Å²) in [7, 11) is -3.48. The van der Waals surface area contributed by atoms with E-state index in [0.717, 1.165) is 25.2 Å². The number of hydrogen-bond donors (Lipinski definition) is 0. The summed E-state index contributed by atoms with van der Waals surface area (Å²) < 4.78 is 44.3. The van der Waals surface area contributed by atoms with Gasteiger partial charge in [-0.2, -0.15) is 9.29 Å². The van der Waals surface area contributed by atoms with Gasteiger partial charge in [0.2, 0.25) is 15.9 Å². The summed E-state index contributed by atoms with van der Waals surface area (Å²) in [4.78, 5) is 18.3. The van der Waals surface area contributed by atoms with Crippen LogP contribution in [0.2, 0.25) is 5.02 Å². The summed E-state index contributed by atoms with van der Waals surface area (Å²) in [5.74, 6) is 0.523. The molecule has 1 aromatic heterocycles.